The fourth-order valence-electron chi connectivity index (χ4n) is 2.94. The van der Waals surface area contributed by atoms with Gasteiger partial charge in [-0.3, -0.25) is 0 Å². The molecule has 7 nitrogen and oxygen atoms in total. The van der Waals surface area contributed by atoms with E-state index in [1.54, 1.807) is 25.1 Å². The molecule has 0 saturated heterocycles. The lowest BCUT2D eigenvalue weighted by atomic mass is 10.1. The number of esters is 1. The molecule has 0 bridgehead atoms. The molecule has 1 aliphatic rings. The van der Waals surface area contributed by atoms with Gasteiger partial charge in [-0.15, -0.1) is 0 Å². The van der Waals surface area contributed by atoms with Crippen molar-refractivity contribution in [2.45, 2.75) is 13.8 Å². The van der Waals surface area contributed by atoms with Crippen molar-refractivity contribution in [1.29, 1.82) is 0 Å². The Hall–Kier alpha value is -3.39. The Balaban J connectivity index is 2.10. The number of aliphatic imine (C=N–C) groups is 1. The van der Waals surface area contributed by atoms with Gasteiger partial charge in [0.1, 0.15) is 16.4 Å². The van der Waals surface area contributed by atoms with Gasteiger partial charge in [-0.25, -0.2) is 9.79 Å². The largest absolute Gasteiger partial charge is 0.506 e. The summed E-state index contributed by atoms with van der Waals surface area (Å²) in [4.78, 5) is 17.6. The second-order valence-corrected chi connectivity index (χ2v) is 7.56. The zero-order chi connectivity index (χ0) is 22.5. The van der Waals surface area contributed by atoms with E-state index in [2.05, 4.69) is 4.99 Å². The van der Waals surface area contributed by atoms with Crippen LogP contribution >= 0.6 is 11.8 Å². The van der Waals surface area contributed by atoms with E-state index in [1.165, 1.54) is 14.2 Å². The number of rotatable bonds is 6. The zero-order valence-electron chi connectivity index (χ0n) is 17.6. The molecule has 0 aliphatic carbocycles. The van der Waals surface area contributed by atoms with Gasteiger partial charge in [-0.1, -0.05) is 30.0 Å². The Morgan fingerprint density at radius 1 is 1.13 bits per heavy atom. The average molecular weight is 442 g/mol. The summed E-state index contributed by atoms with van der Waals surface area (Å²) in [7, 11) is 2.86. The summed E-state index contributed by atoms with van der Waals surface area (Å²) in [6.07, 6.45) is 1.66. The molecule has 0 unspecified atom stereocenters. The molecule has 1 heterocycles. The number of benzene rings is 2. The van der Waals surface area contributed by atoms with Crippen LogP contribution in [0.5, 0.6) is 17.2 Å². The van der Waals surface area contributed by atoms with E-state index in [-0.39, 0.29) is 35.2 Å². The highest BCUT2D eigenvalue weighted by Gasteiger charge is 2.33. The number of aliphatic hydroxyl groups is 1. The van der Waals surface area contributed by atoms with Crippen LogP contribution in [0.1, 0.15) is 18.1 Å². The number of carbonyl (C=O) groups is 1. The predicted octanol–water partition coefficient (Wildman–Crippen LogP) is 4.91. The maximum Gasteiger partial charge on any atom is 0.344 e. The highest BCUT2D eigenvalue weighted by Crippen LogP contribution is 2.43. The Morgan fingerprint density at radius 3 is 2.35 bits per heavy atom. The quantitative estimate of drug-likeness (QED) is 0.615. The molecule has 0 amide bonds. The SMILES string of the molecule is CCOC(=O)C1=C(O)C(=Cc2cc(OC)c(O)c(OC)c2)SC1=Nc1ccccc1C. The maximum atomic E-state index is 12.6. The molecular weight excluding hydrogens is 418 g/mol. The third-order valence-electron chi connectivity index (χ3n) is 4.51. The number of nitrogens with zero attached hydrogens (tertiary/aromatic N) is 1. The van der Waals surface area contributed by atoms with Crippen LogP contribution in [0.15, 0.2) is 57.6 Å². The summed E-state index contributed by atoms with van der Waals surface area (Å²) in [5.41, 5.74) is 2.23. The minimum atomic E-state index is -0.649. The molecule has 31 heavy (non-hydrogen) atoms. The molecule has 0 radical (unpaired) electrons. The van der Waals surface area contributed by atoms with Gasteiger partial charge in [-0.05, 0) is 49.2 Å². The first-order valence-electron chi connectivity index (χ1n) is 9.49. The van der Waals surface area contributed by atoms with Gasteiger partial charge in [-0.2, -0.15) is 0 Å². The maximum absolute atomic E-state index is 12.6. The van der Waals surface area contributed by atoms with E-state index in [9.17, 15) is 15.0 Å². The smallest absolute Gasteiger partial charge is 0.344 e. The van der Waals surface area contributed by atoms with Crippen LogP contribution in [0, 0.1) is 6.92 Å². The summed E-state index contributed by atoms with van der Waals surface area (Å²) in [6.45, 7) is 3.78. The highest BCUT2D eigenvalue weighted by atomic mass is 32.2. The van der Waals surface area contributed by atoms with Gasteiger partial charge in [0.2, 0.25) is 5.75 Å². The first kappa shape index (κ1) is 22.3. The molecule has 162 valence electrons. The number of hydrogen-bond acceptors (Lipinski definition) is 8. The Bertz CT molecular complexity index is 1080. The molecule has 0 spiro atoms. The Kier molecular flexibility index (Phi) is 6.91. The third kappa shape index (κ3) is 4.69. The topological polar surface area (TPSA) is 97.6 Å². The van der Waals surface area contributed by atoms with Gasteiger partial charge in [0.25, 0.3) is 0 Å². The van der Waals surface area contributed by atoms with E-state index < -0.39 is 5.97 Å². The number of aromatic hydroxyl groups is 1. The first-order valence-corrected chi connectivity index (χ1v) is 10.3. The Labute approximate surface area is 184 Å². The second-order valence-electron chi connectivity index (χ2n) is 6.53. The van der Waals surface area contributed by atoms with E-state index in [4.69, 9.17) is 14.2 Å². The van der Waals surface area contributed by atoms with Gasteiger partial charge >= 0.3 is 5.97 Å². The molecule has 0 saturated carbocycles. The molecule has 8 heteroatoms. The summed E-state index contributed by atoms with van der Waals surface area (Å²) in [5.74, 6) is -0.555. The number of thioether (sulfide) groups is 1. The number of phenols is 1. The Morgan fingerprint density at radius 2 is 1.77 bits per heavy atom. The average Bonchev–Trinajstić information content (AvgIpc) is 3.05. The standard InChI is InChI=1S/C23H23NO6S/c1-5-30-23(27)19-21(26)18(31-22(19)24-15-9-7-6-8-13(15)2)12-14-10-16(28-3)20(25)17(11-14)29-4/h6-12,25-26H,5H2,1-4H3. The number of carbonyl (C=O) groups excluding carboxylic acids is 1. The van der Waals surface area contributed by atoms with Crippen molar-refractivity contribution in [2.24, 2.45) is 4.99 Å². The van der Waals surface area contributed by atoms with Gasteiger partial charge < -0.3 is 24.4 Å². The van der Waals surface area contributed by atoms with Crippen LogP contribution in [-0.4, -0.2) is 42.1 Å². The normalized spacial score (nSPS) is 16.1. The molecule has 0 atom stereocenters. The van der Waals surface area contributed by atoms with Gasteiger partial charge in [0.15, 0.2) is 11.5 Å². The molecule has 1 aliphatic heterocycles. The minimum absolute atomic E-state index is 0.0130. The van der Waals surface area contributed by atoms with Crippen molar-refractivity contribution in [2.75, 3.05) is 20.8 Å². The summed E-state index contributed by atoms with van der Waals surface area (Å²) >= 11 is 1.15. The van der Waals surface area contributed by atoms with E-state index in [0.717, 1.165) is 17.3 Å². The molecule has 2 aromatic carbocycles. The number of para-hydroxylation sites is 1. The number of hydrogen-bond donors (Lipinski definition) is 2. The molecular formula is C23H23NO6S. The monoisotopic (exact) mass is 441 g/mol. The molecule has 3 rings (SSSR count). The highest BCUT2D eigenvalue weighted by molar-refractivity contribution is 8.18. The van der Waals surface area contributed by atoms with Crippen molar-refractivity contribution in [3.63, 3.8) is 0 Å². The van der Waals surface area contributed by atoms with E-state index >= 15 is 0 Å². The van der Waals surface area contributed by atoms with E-state index in [0.29, 0.717) is 21.2 Å². The number of aryl methyl sites for hydroxylation is 1. The number of methoxy groups -OCH3 is 2. The second kappa shape index (κ2) is 9.61. The van der Waals surface area contributed by atoms with Gasteiger partial charge in [0.05, 0.1) is 31.4 Å². The lowest BCUT2D eigenvalue weighted by Crippen LogP contribution is -2.12. The third-order valence-corrected chi connectivity index (χ3v) is 5.53. The van der Waals surface area contributed by atoms with Gasteiger partial charge in [0, 0.05) is 0 Å². The number of phenolic OH excluding ortho intramolecular Hbond substituents is 1. The van der Waals surface area contributed by atoms with E-state index in [1.807, 2.05) is 31.2 Å². The number of ether oxygens (including phenoxy) is 3. The van der Waals surface area contributed by atoms with Crippen LogP contribution in [0.4, 0.5) is 5.69 Å². The van der Waals surface area contributed by atoms with Crippen molar-refractivity contribution < 1.29 is 29.2 Å². The predicted molar refractivity (Wildman–Crippen MR) is 121 cm³/mol. The molecule has 0 fully saturated rings. The summed E-state index contributed by atoms with van der Waals surface area (Å²) in [5, 5.41) is 21.3. The first-order chi connectivity index (χ1) is 14.9. The van der Waals surface area contributed by atoms with Crippen LogP contribution in [0.3, 0.4) is 0 Å². The summed E-state index contributed by atoms with van der Waals surface area (Å²) in [6, 6.07) is 10.7. The van der Waals surface area contributed by atoms with Crippen molar-refractivity contribution in [3.05, 3.63) is 63.8 Å². The van der Waals surface area contributed by atoms with Crippen molar-refractivity contribution >= 4 is 34.5 Å². The van der Waals surface area contributed by atoms with Crippen LogP contribution in [0.2, 0.25) is 0 Å². The fraction of sp³-hybridized carbons (Fsp3) is 0.217. The van der Waals surface area contributed by atoms with Crippen LogP contribution < -0.4 is 9.47 Å². The lowest BCUT2D eigenvalue weighted by molar-refractivity contribution is -0.138. The van der Waals surface area contributed by atoms with Crippen molar-refractivity contribution in [3.8, 4) is 17.2 Å². The molecule has 2 aromatic rings. The number of aliphatic hydroxyl groups excluding tert-OH is 1. The lowest BCUT2D eigenvalue weighted by Gasteiger charge is -2.10. The fourth-order valence-corrected chi connectivity index (χ4v) is 3.97. The molecule has 2 N–H and O–H groups in total. The summed E-state index contributed by atoms with van der Waals surface area (Å²) < 4.78 is 15.5. The van der Waals surface area contributed by atoms with Crippen LogP contribution in [0.25, 0.3) is 6.08 Å². The van der Waals surface area contributed by atoms with Crippen molar-refractivity contribution in [1.82, 2.24) is 0 Å². The zero-order valence-corrected chi connectivity index (χ0v) is 18.4. The molecule has 0 aromatic heterocycles. The minimum Gasteiger partial charge on any atom is -0.506 e. The van der Waals surface area contributed by atoms with Crippen LogP contribution in [-0.2, 0) is 9.53 Å².